The van der Waals surface area contributed by atoms with Gasteiger partial charge in [-0.25, -0.2) is 0 Å². The first-order chi connectivity index (χ1) is 8.69. The summed E-state index contributed by atoms with van der Waals surface area (Å²) in [6, 6.07) is 10.1. The Morgan fingerprint density at radius 3 is 2.44 bits per heavy atom. The van der Waals surface area contributed by atoms with Crippen molar-refractivity contribution in [3.8, 4) is 11.8 Å². The van der Waals surface area contributed by atoms with E-state index >= 15 is 0 Å². The summed E-state index contributed by atoms with van der Waals surface area (Å²) < 4.78 is 5.93. The minimum atomic E-state index is -0.0392. The molecule has 0 saturated carbocycles. The Morgan fingerprint density at radius 2 is 1.89 bits per heavy atom. The lowest BCUT2D eigenvalue weighted by Gasteiger charge is -2.26. The van der Waals surface area contributed by atoms with Crippen LogP contribution in [0.2, 0.25) is 0 Å². The van der Waals surface area contributed by atoms with Crippen LogP contribution in [-0.4, -0.2) is 17.8 Å². The third kappa shape index (κ3) is 4.52. The summed E-state index contributed by atoms with van der Waals surface area (Å²) in [7, 11) is 0. The third-order valence-electron chi connectivity index (χ3n) is 3.00. The van der Waals surface area contributed by atoms with E-state index in [2.05, 4.69) is 11.8 Å². The molecule has 0 heterocycles. The molecule has 0 bridgehead atoms. The molecule has 0 aliphatic rings. The number of aliphatic hydroxyl groups is 1. The molecule has 0 fully saturated rings. The van der Waals surface area contributed by atoms with E-state index in [1.165, 1.54) is 0 Å². The van der Waals surface area contributed by atoms with Crippen LogP contribution in [-0.2, 0) is 11.3 Å². The summed E-state index contributed by atoms with van der Waals surface area (Å²) in [5.41, 5.74) is 1.14. The van der Waals surface area contributed by atoms with E-state index in [1.807, 2.05) is 51.1 Å². The van der Waals surface area contributed by atoms with Crippen LogP contribution in [0.3, 0.4) is 0 Å². The summed E-state index contributed by atoms with van der Waals surface area (Å²) in [4.78, 5) is 0. The van der Waals surface area contributed by atoms with E-state index in [4.69, 9.17) is 4.74 Å². The lowest BCUT2D eigenvalue weighted by atomic mass is 9.94. The molecule has 98 valence electrons. The first-order valence-corrected chi connectivity index (χ1v) is 6.37. The number of benzene rings is 1. The molecule has 0 radical (unpaired) electrons. The van der Waals surface area contributed by atoms with Gasteiger partial charge in [-0.05, 0) is 19.4 Å². The normalized spacial score (nSPS) is 15.3. The van der Waals surface area contributed by atoms with Gasteiger partial charge < -0.3 is 9.84 Å². The number of aliphatic hydroxyl groups excluding tert-OH is 1. The average molecular weight is 246 g/mol. The highest BCUT2D eigenvalue weighted by molar-refractivity contribution is 5.13. The molecular weight excluding hydrogens is 224 g/mol. The summed E-state index contributed by atoms with van der Waals surface area (Å²) in [5, 5.41) is 9.29. The van der Waals surface area contributed by atoms with Gasteiger partial charge in [0.1, 0.15) is 0 Å². The SMILES string of the molecule is CC#C[C@@H](C)[C@@H](OCc1ccccc1)[C@@H](C)CO. The quantitative estimate of drug-likeness (QED) is 0.782. The molecule has 0 saturated heterocycles. The van der Waals surface area contributed by atoms with Crippen LogP contribution in [0.4, 0.5) is 0 Å². The van der Waals surface area contributed by atoms with E-state index in [0.717, 1.165) is 5.56 Å². The fourth-order valence-corrected chi connectivity index (χ4v) is 1.98. The lowest BCUT2D eigenvalue weighted by molar-refractivity contribution is -0.0288. The second-order valence-corrected chi connectivity index (χ2v) is 4.60. The van der Waals surface area contributed by atoms with Gasteiger partial charge in [0.05, 0.1) is 12.7 Å². The van der Waals surface area contributed by atoms with E-state index < -0.39 is 0 Å². The highest BCUT2D eigenvalue weighted by atomic mass is 16.5. The predicted octanol–water partition coefficient (Wildman–Crippen LogP) is 2.86. The zero-order chi connectivity index (χ0) is 13.4. The van der Waals surface area contributed by atoms with Gasteiger partial charge in [0.25, 0.3) is 0 Å². The maximum Gasteiger partial charge on any atom is 0.0761 e. The lowest BCUT2D eigenvalue weighted by Crippen LogP contribution is -2.30. The van der Waals surface area contributed by atoms with Crippen molar-refractivity contribution in [2.24, 2.45) is 11.8 Å². The topological polar surface area (TPSA) is 29.5 Å². The maximum atomic E-state index is 9.29. The van der Waals surface area contributed by atoms with Crippen LogP contribution < -0.4 is 0 Å². The number of hydrogen-bond acceptors (Lipinski definition) is 2. The maximum absolute atomic E-state index is 9.29. The minimum absolute atomic E-state index is 0.0392. The van der Waals surface area contributed by atoms with Gasteiger partial charge in [-0.15, -0.1) is 5.92 Å². The van der Waals surface area contributed by atoms with Crippen LogP contribution in [0.15, 0.2) is 30.3 Å². The Morgan fingerprint density at radius 1 is 1.22 bits per heavy atom. The second kappa shape index (κ2) is 7.92. The molecule has 0 aromatic heterocycles. The Balaban J connectivity index is 2.63. The van der Waals surface area contributed by atoms with E-state index in [-0.39, 0.29) is 24.5 Å². The number of rotatable bonds is 6. The van der Waals surface area contributed by atoms with Crippen molar-refractivity contribution in [2.75, 3.05) is 6.61 Å². The standard InChI is InChI=1S/C16H22O2/c1-4-8-13(2)16(14(3)11-17)18-12-15-9-6-5-7-10-15/h5-7,9-10,13-14,16-17H,11-12H2,1-3H3/t13-,14+,16-/m1/s1. The first kappa shape index (κ1) is 14.8. The molecule has 3 atom stereocenters. The van der Waals surface area contributed by atoms with Crippen molar-refractivity contribution in [3.63, 3.8) is 0 Å². The van der Waals surface area contributed by atoms with E-state index in [1.54, 1.807) is 0 Å². The van der Waals surface area contributed by atoms with Gasteiger partial charge in [-0.2, -0.15) is 0 Å². The largest absolute Gasteiger partial charge is 0.396 e. The molecule has 1 aromatic rings. The molecular formula is C16H22O2. The van der Waals surface area contributed by atoms with Crippen molar-refractivity contribution in [1.29, 1.82) is 0 Å². The Bertz CT molecular complexity index is 389. The zero-order valence-electron chi connectivity index (χ0n) is 11.4. The van der Waals surface area contributed by atoms with Crippen LogP contribution in [0.5, 0.6) is 0 Å². The highest BCUT2D eigenvalue weighted by Crippen LogP contribution is 2.18. The van der Waals surface area contributed by atoms with Crippen molar-refractivity contribution in [2.45, 2.75) is 33.5 Å². The van der Waals surface area contributed by atoms with Crippen molar-refractivity contribution in [3.05, 3.63) is 35.9 Å². The number of hydrogen-bond donors (Lipinski definition) is 1. The van der Waals surface area contributed by atoms with Gasteiger partial charge in [-0.3, -0.25) is 0 Å². The monoisotopic (exact) mass is 246 g/mol. The van der Waals surface area contributed by atoms with E-state index in [9.17, 15) is 5.11 Å². The minimum Gasteiger partial charge on any atom is -0.396 e. The first-order valence-electron chi connectivity index (χ1n) is 6.37. The molecule has 2 heteroatoms. The highest BCUT2D eigenvalue weighted by Gasteiger charge is 2.22. The Labute approximate surface area is 110 Å². The summed E-state index contributed by atoms with van der Waals surface area (Å²) in [6.45, 7) is 6.54. The molecule has 1 aromatic carbocycles. The van der Waals surface area contributed by atoms with Crippen LogP contribution in [0.25, 0.3) is 0 Å². The molecule has 0 aliphatic carbocycles. The predicted molar refractivity (Wildman–Crippen MR) is 73.9 cm³/mol. The Hall–Kier alpha value is -1.30. The molecule has 1 rings (SSSR count). The molecule has 0 aliphatic heterocycles. The summed E-state index contributed by atoms with van der Waals surface area (Å²) in [5.74, 6) is 6.24. The zero-order valence-corrected chi connectivity index (χ0v) is 11.4. The van der Waals surface area contributed by atoms with Crippen molar-refractivity contribution >= 4 is 0 Å². The Kier molecular flexibility index (Phi) is 6.49. The van der Waals surface area contributed by atoms with Crippen LogP contribution in [0.1, 0.15) is 26.3 Å². The van der Waals surface area contributed by atoms with Crippen molar-refractivity contribution in [1.82, 2.24) is 0 Å². The van der Waals surface area contributed by atoms with Crippen LogP contribution >= 0.6 is 0 Å². The fourth-order valence-electron chi connectivity index (χ4n) is 1.98. The fraction of sp³-hybridized carbons (Fsp3) is 0.500. The van der Waals surface area contributed by atoms with E-state index in [0.29, 0.717) is 6.61 Å². The molecule has 18 heavy (non-hydrogen) atoms. The second-order valence-electron chi connectivity index (χ2n) is 4.60. The van der Waals surface area contributed by atoms with Gasteiger partial charge in [0.15, 0.2) is 0 Å². The smallest absolute Gasteiger partial charge is 0.0761 e. The van der Waals surface area contributed by atoms with Gasteiger partial charge >= 0.3 is 0 Å². The molecule has 0 spiro atoms. The molecule has 0 unspecified atom stereocenters. The van der Waals surface area contributed by atoms with Gasteiger partial charge in [0.2, 0.25) is 0 Å². The number of ether oxygens (including phenoxy) is 1. The molecule has 2 nitrogen and oxygen atoms in total. The molecule has 0 amide bonds. The molecule has 1 N–H and O–H groups in total. The summed E-state index contributed by atoms with van der Waals surface area (Å²) >= 11 is 0. The average Bonchev–Trinajstić information content (AvgIpc) is 2.40. The van der Waals surface area contributed by atoms with Gasteiger partial charge in [-0.1, -0.05) is 43.2 Å². The summed E-state index contributed by atoms with van der Waals surface area (Å²) in [6.07, 6.45) is -0.0392. The third-order valence-corrected chi connectivity index (χ3v) is 3.00. The van der Waals surface area contributed by atoms with Crippen molar-refractivity contribution < 1.29 is 9.84 Å². The van der Waals surface area contributed by atoms with Gasteiger partial charge in [0, 0.05) is 18.4 Å². The van der Waals surface area contributed by atoms with Crippen LogP contribution in [0, 0.1) is 23.7 Å².